The van der Waals surface area contributed by atoms with Gasteiger partial charge in [0.25, 0.3) is 0 Å². The summed E-state index contributed by atoms with van der Waals surface area (Å²) in [4.78, 5) is 23.7. The highest BCUT2D eigenvalue weighted by Gasteiger charge is 2.42. The molecule has 1 amide bonds. The normalized spacial score (nSPS) is 18.8. The van der Waals surface area contributed by atoms with Gasteiger partial charge in [0, 0.05) is 5.02 Å². The topological polar surface area (TPSA) is 66.4 Å². The Kier molecular flexibility index (Phi) is 4.88. The molecule has 0 aromatic heterocycles. The Morgan fingerprint density at radius 1 is 1.29 bits per heavy atom. The van der Waals surface area contributed by atoms with Crippen LogP contribution in [0.2, 0.25) is 5.02 Å². The van der Waals surface area contributed by atoms with Crippen LogP contribution in [0.4, 0.5) is 0 Å². The summed E-state index contributed by atoms with van der Waals surface area (Å²) in [6.45, 7) is 1.48. The number of carbonyl (C=O) groups excluding carboxylic acids is 1. The Labute approximate surface area is 129 Å². The van der Waals surface area contributed by atoms with Crippen LogP contribution in [-0.4, -0.2) is 23.0 Å². The second-order valence-corrected chi connectivity index (χ2v) is 6.12. The van der Waals surface area contributed by atoms with E-state index in [-0.39, 0.29) is 5.91 Å². The van der Waals surface area contributed by atoms with E-state index in [4.69, 9.17) is 16.7 Å². The predicted molar refractivity (Wildman–Crippen MR) is 81.5 cm³/mol. The number of carboxylic acid groups (broad SMARTS) is 1. The molecule has 1 unspecified atom stereocenters. The lowest BCUT2D eigenvalue weighted by atomic mass is 9.68. The Bertz CT molecular complexity index is 538. The highest BCUT2D eigenvalue weighted by molar-refractivity contribution is 6.30. The summed E-state index contributed by atoms with van der Waals surface area (Å²) in [6.07, 6.45) is 4.48. The van der Waals surface area contributed by atoms with Crippen molar-refractivity contribution in [2.45, 2.75) is 50.5 Å². The van der Waals surface area contributed by atoms with Gasteiger partial charge in [-0.15, -0.1) is 0 Å². The first-order valence-corrected chi connectivity index (χ1v) is 7.63. The van der Waals surface area contributed by atoms with Gasteiger partial charge in [-0.25, -0.2) is 0 Å². The minimum atomic E-state index is -1.03. The fraction of sp³-hybridized carbons (Fsp3) is 0.500. The molecule has 1 aliphatic rings. The zero-order chi connectivity index (χ0) is 15.5. The SMILES string of the molecule is CC(NC(=O)C1(c2cccc(Cl)c2)CCCCC1)C(=O)O. The van der Waals surface area contributed by atoms with Crippen LogP contribution in [0, 0.1) is 0 Å². The van der Waals surface area contributed by atoms with Crippen molar-refractivity contribution in [3.05, 3.63) is 34.9 Å². The van der Waals surface area contributed by atoms with Crippen LogP contribution in [-0.2, 0) is 15.0 Å². The average Bonchev–Trinajstić information content (AvgIpc) is 2.47. The Hall–Kier alpha value is -1.55. The van der Waals surface area contributed by atoms with Crippen LogP contribution in [0.15, 0.2) is 24.3 Å². The molecule has 0 spiro atoms. The molecular formula is C16H20ClNO3. The quantitative estimate of drug-likeness (QED) is 0.898. The smallest absolute Gasteiger partial charge is 0.325 e. The number of nitrogens with one attached hydrogen (secondary N) is 1. The van der Waals surface area contributed by atoms with E-state index >= 15 is 0 Å². The van der Waals surface area contributed by atoms with E-state index in [2.05, 4.69) is 5.32 Å². The number of carboxylic acids is 1. The maximum Gasteiger partial charge on any atom is 0.325 e. The molecule has 1 atom stereocenters. The second kappa shape index (κ2) is 6.48. The zero-order valence-electron chi connectivity index (χ0n) is 12.1. The summed E-state index contributed by atoms with van der Waals surface area (Å²) in [6, 6.07) is 6.44. The molecule has 0 radical (unpaired) electrons. The summed E-state index contributed by atoms with van der Waals surface area (Å²) >= 11 is 6.06. The number of halogens is 1. The maximum absolute atomic E-state index is 12.7. The van der Waals surface area contributed by atoms with Crippen molar-refractivity contribution in [3.63, 3.8) is 0 Å². The van der Waals surface area contributed by atoms with Gasteiger partial charge in [0.15, 0.2) is 0 Å². The molecule has 0 heterocycles. The number of rotatable bonds is 4. The van der Waals surface area contributed by atoms with Crippen LogP contribution < -0.4 is 5.32 Å². The third kappa shape index (κ3) is 3.38. The lowest BCUT2D eigenvalue weighted by Crippen LogP contribution is -2.50. The summed E-state index contributed by atoms with van der Waals surface area (Å²) in [5, 5.41) is 12.2. The molecule has 21 heavy (non-hydrogen) atoms. The van der Waals surface area contributed by atoms with Gasteiger partial charge < -0.3 is 10.4 Å². The van der Waals surface area contributed by atoms with Crippen molar-refractivity contribution in [2.24, 2.45) is 0 Å². The second-order valence-electron chi connectivity index (χ2n) is 5.69. The largest absolute Gasteiger partial charge is 0.480 e. The van der Waals surface area contributed by atoms with E-state index < -0.39 is 17.4 Å². The van der Waals surface area contributed by atoms with E-state index in [0.717, 1.165) is 37.7 Å². The van der Waals surface area contributed by atoms with Crippen molar-refractivity contribution >= 4 is 23.5 Å². The predicted octanol–water partition coefficient (Wildman–Crippen LogP) is 3.13. The molecule has 1 fully saturated rings. The molecule has 1 aromatic carbocycles. The highest BCUT2D eigenvalue weighted by Crippen LogP contribution is 2.40. The van der Waals surface area contributed by atoms with Crippen LogP contribution in [0.5, 0.6) is 0 Å². The number of amides is 1. The number of carbonyl (C=O) groups is 2. The van der Waals surface area contributed by atoms with Crippen LogP contribution in [0.3, 0.4) is 0 Å². The molecule has 0 saturated heterocycles. The van der Waals surface area contributed by atoms with Crippen molar-refractivity contribution < 1.29 is 14.7 Å². The Morgan fingerprint density at radius 3 is 2.52 bits per heavy atom. The molecule has 4 nitrogen and oxygen atoms in total. The third-order valence-electron chi connectivity index (χ3n) is 4.24. The standard InChI is InChI=1S/C16H20ClNO3/c1-11(14(19)20)18-15(21)16(8-3-2-4-9-16)12-6-5-7-13(17)10-12/h5-7,10-11H,2-4,8-9H2,1H3,(H,18,21)(H,19,20). The number of hydrogen-bond donors (Lipinski definition) is 2. The van der Waals surface area contributed by atoms with Crippen LogP contribution >= 0.6 is 11.6 Å². The van der Waals surface area contributed by atoms with Crippen molar-refractivity contribution in [2.75, 3.05) is 0 Å². The molecule has 1 aliphatic carbocycles. The summed E-state index contributed by atoms with van der Waals surface area (Å²) in [5.74, 6) is -1.24. The summed E-state index contributed by atoms with van der Waals surface area (Å²) in [7, 11) is 0. The fourth-order valence-electron chi connectivity index (χ4n) is 2.98. The highest BCUT2D eigenvalue weighted by atomic mass is 35.5. The molecule has 5 heteroatoms. The van der Waals surface area contributed by atoms with Crippen molar-refractivity contribution in [1.82, 2.24) is 5.32 Å². The number of benzene rings is 1. The Balaban J connectivity index is 2.33. The van der Waals surface area contributed by atoms with E-state index in [1.165, 1.54) is 6.92 Å². The van der Waals surface area contributed by atoms with E-state index in [1.807, 2.05) is 18.2 Å². The van der Waals surface area contributed by atoms with Gasteiger partial charge in [-0.05, 0) is 37.5 Å². The molecule has 1 aromatic rings. The molecule has 0 aliphatic heterocycles. The molecule has 1 saturated carbocycles. The number of aliphatic carboxylic acids is 1. The molecule has 2 rings (SSSR count). The monoisotopic (exact) mass is 309 g/mol. The summed E-state index contributed by atoms with van der Waals surface area (Å²) in [5.41, 5.74) is 0.220. The molecule has 0 bridgehead atoms. The lowest BCUT2D eigenvalue weighted by molar-refractivity contribution is -0.142. The third-order valence-corrected chi connectivity index (χ3v) is 4.47. The van der Waals surface area contributed by atoms with Gasteiger partial charge in [0.2, 0.25) is 5.91 Å². The summed E-state index contributed by atoms with van der Waals surface area (Å²) < 4.78 is 0. The molecule has 2 N–H and O–H groups in total. The first-order valence-electron chi connectivity index (χ1n) is 7.25. The van der Waals surface area contributed by atoms with Crippen LogP contribution in [0.1, 0.15) is 44.6 Å². The first-order chi connectivity index (χ1) is 9.95. The first kappa shape index (κ1) is 15.8. The Morgan fingerprint density at radius 2 is 1.95 bits per heavy atom. The zero-order valence-corrected chi connectivity index (χ0v) is 12.8. The van der Waals surface area contributed by atoms with Crippen LogP contribution in [0.25, 0.3) is 0 Å². The number of hydrogen-bond acceptors (Lipinski definition) is 2. The van der Waals surface area contributed by atoms with E-state index in [1.54, 1.807) is 6.07 Å². The average molecular weight is 310 g/mol. The van der Waals surface area contributed by atoms with Crippen molar-refractivity contribution in [3.8, 4) is 0 Å². The minimum absolute atomic E-state index is 0.209. The van der Waals surface area contributed by atoms with E-state index in [9.17, 15) is 9.59 Å². The lowest BCUT2D eigenvalue weighted by Gasteiger charge is -2.37. The van der Waals surface area contributed by atoms with Gasteiger partial charge in [-0.1, -0.05) is 43.0 Å². The van der Waals surface area contributed by atoms with Gasteiger partial charge in [-0.2, -0.15) is 0 Å². The van der Waals surface area contributed by atoms with Crippen molar-refractivity contribution in [1.29, 1.82) is 0 Å². The van der Waals surface area contributed by atoms with E-state index in [0.29, 0.717) is 5.02 Å². The molecule has 114 valence electrons. The van der Waals surface area contributed by atoms with Gasteiger partial charge in [-0.3, -0.25) is 9.59 Å². The maximum atomic E-state index is 12.7. The molecular weight excluding hydrogens is 290 g/mol. The fourth-order valence-corrected chi connectivity index (χ4v) is 3.18. The van der Waals surface area contributed by atoms with Gasteiger partial charge in [0.1, 0.15) is 6.04 Å². The minimum Gasteiger partial charge on any atom is -0.480 e. The van der Waals surface area contributed by atoms with Gasteiger partial charge in [0.05, 0.1) is 5.41 Å². The van der Waals surface area contributed by atoms with Gasteiger partial charge >= 0.3 is 5.97 Å².